The van der Waals surface area contributed by atoms with Gasteiger partial charge in [0.25, 0.3) is 0 Å². The number of rotatable bonds is 11. The molecule has 0 aliphatic heterocycles. The predicted octanol–water partition coefficient (Wildman–Crippen LogP) is 5.35. The van der Waals surface area contributed by atoms with Crippen molar-refractivity contribution in [1.82, 2.24) is 4.31 Å². The summed E-state index contributed by atoms with van der Waals surface area (Å²) >= 11 is -1.90. The summed E-state index contributed by atoms with van der Waals surface area (Å²) in [6.07, 6.45) is 3.93. The molecule has 0 saturated carbocycles. The quantitative estimate of drug-likeness (QED) is 0.518. The van der Waals surface area contributed by atoms with Gasteiger partial charge in [-0.3, -0.25) is 4.55 Å². The van der Waals surface area contributed by atoms with Gasteiger partial charge in [0.2, 0.25) is 11.3 Å². The lowest BCUT2D eigenvalue weighted by Gasteiger charge is -2.38. The van der Waals surface area contributed by atoms with Gasteiger partial charge in [0, 0.05) is 12.1 Å². The zero-order valence-electron chi connectivity index (χ0n) is 16.0. The molecule has 0 aliphatic carbocycles. The van der Waals surface area contributed by atoms with Crippen molar-refractivity contribution in [3.8, 4) is 0 Å². The van der Waals surface area contributed by atoms with Gasteiger partial charge >= 0.3 is 0 Å². The van der Waals surface area contributed by atoms with E-state index in [9.17, 15) is 8.76 Å². The van der Waals surface area contributed by atoms with E-state index < -0.39 is 11.3 Å². The average Bonchev–Trinajstić information content (AvgIpc) is 2.23. The fourth-order valence-corrected chi connectivity index (χ4v) is 4.19. The topological polar surface area (TPSA) is 40.5 Å². The van der Waals surface area contributed by atoms with Crippen LogP contribution in [0, 0.1) is 23.7 Å². The maximum atomic E-state index is 12.1. The molecular weight excluding hydrogens is 294 g/mol. The van der Waals surface area contributed by atoms with Crippen molar-refractivity contribution < 1.29 is 8.76 Å². The Morgan fingerprint density at radius 1 is 0.682 bits per heavy atom. The van der Waals surface area contributed by atoms with Crippen molar-refractivity contribution in [2.24, 2.45) is 23.7 Å². The molecule has 0 radical (unpaired) electrons. The van der Waals surface area contributed by atoms with Crippen LogP contribution < -0.4 is 0 Å². The molecule has 0 aliphatic rings. The average molecular weight is 334 g/mol. The highest BCUT2D eigenvalue weighted by atomic mass is 32.2. The molecule has 0 aromatic heterocycles. The van der Waals surface area contributed by atoms with Crippen LogP contribution in [0.2, 0.25) is 0 Å². The van der Waals surface area contributed by atoms with E-state index in [-0.39, 0.29) is 12.1 Å². The highest BCUT2D eigenvalue weighted by Gasteiger charge is 2.32. The first-order valence-corrected chi connectivity index (χ1v) is 10.00. The second-order valence-corrected chi connectivity index (χ2v) is 9.30. The van der Waals surface area contributed by atoms with Crippen molar-refractivity contribution >= 4 is 11.3 Å². The fourth-order valence-electron chi connectivity index (χ4n) is 3.34. The molecule has 0 amide bonds. The van der Waals surface area contributed by atoms with Gasteiger partial charge in [-0.25, -0.2) is 4.21 Å². The molecular formula is C18H39NO2S. The van der Waals surface area contributed by atoms with E-state index in [1.807, 2.05) is 4.31 Å². The smallest absolute Gasteiger partial charge is 0.235 e. The Kier molecular flexibility index (Phi) is 10.8. The van der Waals surface area contributed by atoms with Crippen molar-refractivity contribution in [3.05, 3.63) is 0 Å². The summed E-state index contributed by atoms with van der Waals surface area (Å²) in [6, 6.07) is 0.377. The van der Waals surface area contributed by atoms with E-state index in [4.69, 9.17) is 0 Å². The maximum absolute atomic E-state index is 12.1. The molecule has 0 fully saturated rings. The van der Waals surface area contributed by atoms with Gasteiger partial charge in [-0.05, 0) is 49.4 Å². The standard InChI is InChI=1S/C18H39NO2S/c1-13(2)9-17(10-14(3)4)19(22(20)21)18(11-15(5)6)12-16(7)8/h13-18H,9-12H2,1-8H3,(H,20,21). The minimum atomic E-state index is -1.90. The van der Waals surface area contributed by atoms with Crippen LogP contribution in [0.15, 0.2) is 0 Å². The first-order valence-electron chi connectivity index (χ1n) is 8.93. The summed E-state index contributed by atoms with van der Waals surface area (Å²) in [5.41, 5.74) is 0. The Balaban J connectivity index is 5.39. The van der Waals surface area contributed by atoms with Gasteiger partial charge in [-0.1, -0.05) is 55.4 Å². The first kappa shape index (κ1) is 22.1. The van der Waals surface area contributed by atoms with Crippen LogP contribution in [0.4, 0.5) is 0 Å². The molecule has 4 heteroatoms. The van der Waals surface area contributed by atoms with E-state index in [2.05, 4.69) is 55.4 Å². The van der Waals surface area contributed by atoms with Crippen LogP contribution >= 0.6 is 0 Å². The van der Waals surface area contributed by atoms with Gasteiger partial charge in [-0.2, -0.15) is 4.31 Å². The largest absolute Gasteiger partial charge is 0.294 e. The van der Waals surface area contributed by atoms with Crippen molar-refractivity contribution in [2.45, 2.75) is 93.2 Å². The highest BCUT2D eigenvalue weighted by Crippen LogP contribution is 2.28. The predicted molar refractivity (Wildman–Crippen MR) is 98.0 cm³/mol. The van der Waals surface area contributed by atoms with Crippen LogP contribution in [0.25, 0.3) is 0 Å². The molecule has 134 valence electrons. The molecule has 0 saturated heterocycles. The third kappa shape index (κ3) is 9.26. The zero-order valence-corrected chi connectivity index (χ0v) is 16.8. The van der Waals surface area contributed by atoms with Gasteiger partial charge in [0.1, 0.15) is 0 Å². The lowest BCUT2D eigenvalue weighted by molar-refractivity contribution is 0.160. The molecule has 22 heavy (non-hydrogen) atoms. The first-order chi connectivity index (χ1) is 10.0. The summed E-state index contributed by atoms with van der Waals surface area (Å²) in [6.45, 7) is 17.6. The van der Waals surface area contributed by atoms with Crippen LogP contribution in [0.3, 0.4) is 0 Å². The van der Waals surface area contributed by atoms with Gasteiger partial charge < -0.3 is 0 Å². The van der Waals surface area contributed by atoms with E-state index in [0.29, 0.717) is 23.7 Å². The molecule has 3 nitrogen and oxygen atoms in total. The molecule has 1 atom stereocenters. The van der Waals surface area contributed by atoms with E-state index >= 15 is 0 Å². The number of hydrogen-bond donors (Lipinski definition) is 1. The lowest BCUT2D eigenvalue weighted by atomic mass is 9.91. The van der Waals surface area contributed by atoms with E-state index in [1.54, 1.807) is 0 Å². The summed E-state index contributed by atoms with van der Waals surface area (Å²) < 4.78 is 24.1. The Morgan fingerprint density at radius 2 is 0.909 bits per heavy atom. The summed E-state index contributed by atoms with van der Waals surface area (Å²) in [4.78, 5) is 0. The Hall–Kier alpha value is 0.0700. The molecule has 0 aromatic carbocycles. The number of hydrogen-bond acceptors (Lipinski definition) is 1. The van der Waals surface area contributed by atoms with Crippen molar-refractivity contribution in [1.29, 1.82) is 0 Å². The van der Waals surface area contributed by atoms with Gasteiger partial charge in [-0.15, -0.1) is 0 Å². The monoisotopic (exact) mass is 333 g/mol. The second kappa shape index (κ2) is 10.8. The lowest BCUT2D eigenvalue weighted by Crippen LogP contribution is -2.46. The van der Waals surface area contributed by atoms with Crippen molar-refractivity contribution in [3.63, 3.8) is 0 Å². The van der Waals surface area contributed by atoms with Crippen molar-refractivity contribution in [2.75, 3.05) is 0 Å². The maximum Gasteiger partial charge on any atom is 0.235 e. The van der Waals surface area contributed by atoms with Crippen LogP contribution in [-0.4, -0.2) is 25.2 Å². The van der Waals surface area contributed by atoms with Gasteiger partial charge in [0.15, 0.2) is 0 Å². The Morgan fingerprint density at radius 3 is 1.05 bits per heavy atom. The molecule has 0 aromatic rings. The summed E-state index contributed by atoms with van der Waals surface area (Å²) in [7, 11) is 0. The summed E-state index contributed by atoms with van der Waals surface area (Å²) in [5.74, 6) is 2.14. The summed E-state index contributed by atoms with van der Waals surface area (Å²) in [5, 5.41) is 0. The molecule has 0 rings (SSSR count). The molecule has 0 spiro atoms. The van der Waals surface area contributed by atoms with E-state index in [1.165, 1.54) is 0 Å². The van der Waals surface area contributed by atoms with E-state index in [0.717, 1.165) is 25.7 Å². The molecule has 1 unspecified atom stereocenters. The third-order valence-corrected chi connectivity index (χ3v) is 4.83. The third-order valence-electron chi connectivity index (χ3n) is 3.87. The minimum absolute atomic E-state index is 0.188. The van der Waals surface area contributed by atoms with Gasteiger partial charge in [0.05, 0.1) is 0 Å². The van der Waals surface area contributed by atoms with Crippen LogP contribution in [-0.2, 0) is 11.3 Å². The highest BCUT2D eigenvalue weighted by molar-refractivity contribution is 7.76. The zero-order chi connectivity index (χ0) is 17.4. The normalized spacial score (nSPS) is 14.5. The second-order valence-electron chi connectivity index (χ2n) is 8.42. The van der Waals surface area contributed by atoms with Crippen LogP contribution in [0.1, 0.15) is 81.1 Å². The fraction of sp³-hybridized carbons (Fsp3) is 1.00. The Labute approximate surface area is 141 Å². The minimum Gasteiger partial charge on any atom is -0.294 e. The molecule has 0 heterocycles. The van der Waals surface area contributed by atoms with Crippen LogP contribution in [0.5, 0.6) is 0 Å². The number of nitrogens with zero attached hydrogens (tertiary/aromatic N) is 1. The molecule has 1 N–H and O–H groups in total. The molecule has 0 bridgehead atoms. The SMILES string of the molecule is CC(C)CC(CC(C)C)N(C(CC(C)C)CC(C)C)S(=O)O. The Bertz CT molecular complexity index is 272.